The Balaban J connectivity index is 4.10. The predicted octanol–water partition coefficient (Wildman–Crippen LogP) is -0.429. The first kappa shape index (κ1) is 13.6. The van der Waals surface area contributed by atoms with Crippen LogP contribution in [0.5, 0.6) is 0 Å². The van der Waals surface area contributed by atoms with Gasteiger partial charge in [-0.2, -0.15) is 0 Å². The average molecular weight is 217 g/mol. The lowest BCUT2D eigenvalue weighted by molar-refractivity contribution is -0.142. The topological polar surface area (TPSA) is 92.7 Å². The molecular weight excluding hydrogens is 202 g/mol. The number of carbonyl (C=O) groups is 3. The maximum atomic E-state index is 11.0. The summed E-state index contributed by atoms with van der Waals surface area (Å²) in [7, 11) is 1.34. The molecule has 0 saturated heterocycles. The molecule has 0 aliphatic rings. The maximum Gasteiger partial charge on any atom is 0.326 e. The van der Waals surface area contributed by atoms with E-state index in [-0.39, 0.29) is 25.2 Å². The van der Waals surface area contributed by atoms with Crippen molar-refractivity contribution in [3.05, 3.63) is 0 Å². The molecule has 0 aromatic heterocycles. The lowest BCUT2D eigenvalue weighted by Crippen LogP contribution is -2.42. The van der Waals surface area contributed by atoms with Crippen LogP contribution in [0, 0.1) is 0 Å². The Bertz CT molecular complexity index is 251. The minimum Gasteiger partial charge on any atom is -0.480 e. The van der Waals surface area contributed by atoms with Crippen molar-refractivity contribution in [2.75, 3.05) is 13.7 Å². The Labute approximate surface area is 87.6 Å². The van der Waals surface area contributed by atoms with Gasteiger partial charge in [0.2, 0.25) is 5.91 Å². The largest absolute Gasteiger partial charge is 0.480 e. The molecule has 0 unspecified atom stereocenters. The van der Waals surface area contributed by atoms with Crippen LogP contribution in [-0.4, -0.2) is 42.5 Å². The first-order chi connectivity index (χ1) is 6.97. The highest BCUT2D eigenvalue weighted by Crippen LogP contribution is 1.98. The molecule has 0 rings (SSSR count). The minimum absolute atomic E-state index is 0.0973. The zero-order valence-corrected chi connectivity index (χ0v) is 8.78. The fraction of sp³-hybridized carbons (Fsp3) is 0.667. The molecule has 0 fully saturated rings. The zero-order valence-electron chi connectivity index (χ0n) is 8.78. The van der Waals surface area contributed by atoms with Crippen molar-refractivity contribution >= 4 is 17.7 Å². The van der Waals surface area contributed by atoms with E-state index in [9.17, 15) is 14.4 Å². The number of carboxylic acids is 1. The zero-order chi connectivity index (χ0) is 11.8. The van der Waals surface area contributed by atoms with Crippen LogP contribution < -0.4 is 5.32 Å². The summed E-state index contributed by atoms with van der Waals surface area (Å²) in [5, 5.41) is 11.0. The fourth-order valence-corrected chi connectivity index (χ4v) is 0.972. The summed E-state index contributed by atoms with van der Waals surface area (Å²) in [6.45, 7) is 1.18. The molecule has 0 heterocycles. The monoisotopic (exact) mass is 217 g/mol. The van der Waals surface area contributed by atoms with Gasteiger partial charge in [0.1, 0.15) is 18.4 Å². The van der Waals surface area contributed by atoms with E-state index in [0.29, 0.717) is 0 Å². The van der Waals surface area contributed by atoms with Crippen LogP contribution in [0.2, 0.25) is 0 Å². The van der Waals surface area contributed by atoms with E-state index in [0.717, 1.165) is 0 Å². The molecule has 15 heavy (non-hydrogen) atoms. The molecule has 0 aliphatic heterocycles. The van der Waals surface area contributed by atoms with Crippen molar-refractivity contribution in [2.24, 2.45) is 0 Å². The number of hydrogen-bond donors (Lipinski definition) is 2. The molecule has 0 saturated carbocycles. The number of amides is 1. The van der Waals surface area contributed by atoms with E-state index in [1.54, 1.807) is 0 Å². The number of ketones is 1. The van der Waals surface area contributed by atoms with Crippen molar-refractivity contribution in [2.45, 2.75) is 25.8 Å². The Morgan fingerprint density at radius 2 is 2.00 bits per heavy atom. The SMILES string of the molecule is COCC(=O)N[C@H](CCC(C)=O)C(=O)O. The summed E-state index contributed by atoms with van der Waals surface area (Å²) >= 11 is 0. The third-order valence-corrected chi connectivity index (χ3v) is 1.69. The lowest BCUT2D eigenvalue weighted by atomic mass is 10.1. The quantitative estimate of drug-likeness (QED) is 0.603. The van der Waals surface area contributed by atoms with Gasteiger partial charge < -0.3 is 20.0 Å². The maximum absolute atomic E-state index is 11.0. The first-order valence-corrected chi connectivity index (χ1v) is 4.48. The number of methoxy groups -OCH3 is 1. The van der Waals surface area contributed by atoms with E-state index in [1.165, 1.54) is 14.0 Å². The van der Waals surface area contributed by atoms with Crippen molar-refractivity contribution in [3.63, 3.8) is 0 Å². The lowest BCUT2D eigenvalue weighted by Gasteiger charge is -2.13. The Morgan fingerprint density at radius 3 is 2.40 bits per heavy atom. The number of aliphatic carboxylic acids is 1. The fourth-order valence-electron chi connectivity index (χ4n) is 0.972. The van der Waals surface area contributed by atoms with Gasteiger partial charge >= 0.3 is 5.97 Å². The predicted molar refractivity (Wildman–Crippen MR) is 51.4 cm³/mol. The van der Waals surface area contributed by atoms with Gasteiger partial charge in [0.25, 0.3) is 0 Å². The van der Waals surface area contributed by atoms with E-state index >= 15 is 0 Å². The van der Waals surface area contributed by atoms with Gasteiger partial charge in [0, 0.05) is 13.5 Å². The summed E-state index contributed by atoms with van der Waals surface area (Å²) in [4.78, 5) is 32.4. The summed E-state index contributed by atoms with van der Waals surface area (Å²) in [5.41, 5.74) is 0. The van der Waals surface area contributed by atoms with E-state index < -0.39 is 17.9 Å². The Kier molecular flexibility index (Phi) is 6.28. The van der Waals surface area contributed by atoms with Gasteiger partial charge in [-0.3, -0.25) is 4.79 Å². The van der Waals surface area contributed by atoms with Gasteiger partial charge in [-0.1, -0.05) is 0 Å². The normalized spacial score (nSPS) is 11.9. The van der Waals surface area contributed by atoms with Gasteiger partial charge in [-0.15, -0.1) is 0 Å². The van der Waals surface area contributed by atoms with Gasteiger partial charge in [-0.25, -0.2) is 4.79 Å². The van der Waals surface area contributed by atoms with E-state index in [4.69, 9.17) is 5.11 Å². The molecule has 86 valence electrons. The van der Waals surface area contributed by atoms with Crippen molar-refractivity contribution in [1.29, 1.82) is 0 Å². The van der Waals surface area contributed by atoms with Crippen LogP contribution in [0.15, 0.2) is 0 Å². The number of ether oxygens (including phenoxy) is 1. The Morgan fingerprint density at radius 1 is 1.40 bits per heavy atom. The first-order valence-electron chi connectivity index (χ1n) is 4.48. The highest BCUT2D eigenvalue weighted by Gasteiger charge is 2.19. The molecule has 2 N–H and O–H groups in total. The number of rotatable bonds is 7. The number of carboxylic acid groups (broad SMARTS) is 1. The highest BCUT2D eigenvalue weighted by molar-refractivity contribution is 5.84. The summed E-state index contributed by atoms with van der Waals surface area (Å²) in [6.07, 6.45) is 0.227. The summed E-state index contributed by atoms with van der Waals surface area (Å²) in [5.74, 6) is -1.77. The molecule has 6 heteroatoms. The molecule has 0 radical (unpaired) electrons. The van der Waals surface area contributed by atoms with Crippen LogP contribution >= 0.6 is 0 Å². The van der Waals surface area contributed by atoms with Crippen molar-refractivity contribution in [3.8, 4) is 0 Å². The van der Waals surface area contributed by atoms with Crippen LogP contribution in [0.1, 0.15) is 19.8 Å². The standard InChI is InChI=1S/C9H15NO5/c1-6(11)3-4-7(9(13)14)10-8(12)5-15-2/h7H,3-5H2,1-2H3,(H,10,12)(H,13,14)/t7-/m1/s1. The minimum atomic E-state index is -1.15. The number of Topliss-reactive ketones (excluding diaryl/α,β-unsaturated/α-hetero) is 1. The van der Waals surface area contributed by atoms with Crippen LogP contribution in [-0.2, 0) is 19.1 Å². The molecule has 1 amide bonds. The third kappa shape index (κ3) is 6.62. The molecular formula is C9H15NO5. The molecule has 0 bridgehead atoms. The second-order valence-electron chi connectivity index (χ2n) is 3.13. The van der Waals surface area contributed by atoms with E-state index in [2.05, 4.69) is 10.1 Å². The van der Waals surface area contributed by atoms with Crippen LogP contribution in [0.25, 0.3) is 0 Å². The highest BCUT2D eigenvalue weighted by atomic mass is 16.5. The van der Waals surface area contributed by atoms with Gasteiger partial charge in [0.05, 0.1) is 0 Å². The molecule has 0 spiro atoms. The van der Waals surface area contributed by atoms with Crippen molar-refractivity contribution in [1.82, 2.24) is 5.32 Å². The summed E-state index contributed by atoms with van der Waals surface area (Å²) in [6, 6.07) is -1.03. The van der Waals surface area contributed by atoms with Gasteiger partial charge in [0.15, 0.2) is 0 Å². The molecule has 0 aromatic carbocycles. The average Bonchev–Trinajstić information content (AvgIpc) is 2.11. The Hall–Kier alpha value is -1.43. The van der Waals surface area contributed by atoms with E-state index in [1.807, 2.05) is 0 Å². The smallest absolute Gasteiger partial charge is 0.326 e. The second-order valence-corrected chi connectivity index (χ2v) is 3.13. The molecule has 0 aliphatic carbocycles. The third-order valence-electron chi connectivity index (χ3n) is 1.69. The summed E-state index contributed by atoms with van der Waals surface area (Å²) < 4.78 is 4.54. The molecule has 0 aromatic rings. The number of hydrogen-bond acceptors (Lipinski definition) is 4. The second kappa shape index (κ2) is 6.94. The molecule has 1 atom stereocenters. The van der Waals surface area contributed by atoms with Crippen LogP contribution in [0.4, 0.5) is 0 Å². The number of carbonyl (C=O) groups excluding carboxylic acids is 2. The molecule has 6 nitrogen and oxygen atoms in total. The van der Waals surface area contributed by atoms with Crippen LogP contribution in [0.3, 0.4) is 0 Å². The number of nitrogens with one attached hydrogen (secondary N) is 1. The van der Waals surface area contributed by atoms with Crippen molar-refractivity contribution < 1.29 is 24.2 Å². The van der Waals surface area contributed by atoms with Gasteiger partial charge in [-0.05, 0) is 13.3 Å².